The number of aromatic nitrogens is 5. The summed E-state index contributed by atoms with van der Waals surface area (Å²) in [6, 6.07) is 0. The fourth-order valence-electron chi connectivity index (χ4n) is 2.14. The minimum absolute atomic E-state index is 0.153. The molecule has 0 aliphatic heterocycles. The van der Waals surface area contributed by atoms with Crippen molar-refractivity contribution in [2.24, 2.45) is 7.05 Å². The smallest absolute Gasteiger partial charge is 0.255 e. The Kier molecular flexibility index (Phi) is 4.69. The molecule has 0 aliphatic rings. The van der Waals surface area contributed by atoms with E-state index in [0.717, 1.165) is 5.69 Å². The Bertz CT molecular complexity index is 631. The monoisotopic (exact) mass is 292 g/mol. The van der Waals surface area contributed by atoms with Gasteiger partial charge >= 0.3 is 0 Å². The second-order valence-electron chi connectivity index (χ2n) is 4.79. The number of nitrogens with zero attached hydrogens (tertiary/aromatic N) is 5. The molecule has 1 amide bonds. The van der Waals surface area contributed by atoms with Crippen molar-refractivity contribution < 1.29 is 9.53 Å². The zero-order chi connectivity index (χ0) is 15.4. The van der Waals surface area contributed by atoms with Crippen LogP contribution < -0.4 is 5.32 Å². The summed E-state index contributed by atoms with van der Waals surface area (Å²) in [5.41, 5.74) is 2.17. The van der Waals surface area contributed by atoms with Crippen LogP contribution in [0.25, 0.3) is 0 Å². The van der Waals surface area contributed by atoms with Gasteiger partial charge in [0, 0.05) is 26.4 Å². The van der Waals surface area contributed by atoms with Crippen molar-refractivity contribution in [1.82, 2.24) is 29.9 Å². The van der Waals surface area contributed by atoms with Crippen molar-refractivity contribution in [3.63, 3.8) is 0 Å². The zero-order valence-corrected chi connectivity index (χ0v) is 12.8. The number of hydrogen-bond acceptors (Lipinski definition) is 5. The zero-order valence-electron chi connectivity index (χ0n) is 12.8. The maximum Gasteiger partial charge on any atom is 0.255 e. The maximum atomic E-state index is 12.3. The summed E-state index contributed by atoms with van der Waals surface area (Å²) in [5, 5.41) is 15.0. The van der Waals surface area contributed by atoms with E-state index in [9.17, 15) is 4.79 Å². The summed E-state index contributed by atoms with van der Waals surface area (Å²) in [7, 11) is 3.46. The molecule has 0 saturated heterocycles. The molecule has 8 heteroatoms. The van der Waals surface area contributed by atoms with Gasteiger partial charge in [-0.3, -0.25) is 9.48 Å². The topological polar surface area (TPSA) is 86.9 Å². The highest BCUT2D eigenvalue weighted by Crippen LogP contribution is 2.11. The Morgan fingerprint density at radius 1 is 1.43 bits per heavy atom. The van der Waals surface area contributed by atoms with Gasteiger partial charge in [-0.1, -0.05) is 0 Å². The van der Waals surface area contributed by atoms with Crippen LogP contribution in [0.1, 0.15) is 27.6 Å². The first-order valence-electron chi connectivity index (χ1n) is 6.68. The van der Waals surface area contributed by atoms with E-state index in [1.165, 1.54) is 0 Å². The maximum absolute atomic E-state index is 12.3. The molecule has 1 N–H and O–H groups in total. The van der Waals surface area contributed by atoms with Gasteiger partial charge in [-0.05, 0) is 13.8 Å². The lowest BCUT2D eigenvalue weighted by Gasteiger charge is -2.07. The second-order valence-corrected chi connectivity index (χ2v) is 4.79. The lowest BCUT2D eigenvalue weighted by molar-refractivity contribution is 0.0948. The number of rotatable bonds is 6. The average Bonchev–Trinajstić information content (AvgIpc) is 2.99. The summed E-state index contributed by atoms with van der Waals surface area (Å²) in [6.07, 6.45) is 1.63. The lowest BCUT2D eigenvalue weighted by Crippen LogP contribution is -2.26. The summed E-state index contributed by atoms with van der Waals surface area (Å²) < 4.78 is 8.58. The molecule has 0 spiro atoms. The molecule has 8 nitrogen and oxygen atoms in total. The van der Waals surface area contributed by atoms with Crippen LogP contribution >= 0.6 is 0 Å². The van der Waals surface area contributed by atoms with E-state index in [2.05, 4.69) is 20.6 Å². The number of carbonyl (C=O) groups is 1. The van der Waals surface area contributed by atoms with Gasteiger partial charge in [-0.2, -0.15) is 5.10 Å². The van der Waals surface area contributed by atoms with Crippen LogP contribution in [0, 0.1) is 13.8 Å². The standard InChI is InChI=1S/C13H20N6O2/c1-9-12(10(2)18(3)17-9)13(20)14-7-11-16-15-8-19(11)5-6-21-4/h8H,5-7H2,1-4H3,(H,14,20). The van der Waals surface area contributed by atoms with Crippen LogP contribution in [0.3, 0.4) is 0 Å². The molecule has 2 aromatic heterocycles. The van der Waals surface area contributed by atoms with Gasteiger partial charge in [0.05, 0.1) is 24.4 Å². The molecule has 114 valence electrons. The molecule has 0 saturated carbocycles. The van der Waals surface area contributed by atoms with Gasteiger partial charge in [-0.15, -0.1) is 10.2 Å². The van der Waals surface area contributed by atoms with Gasteiger partial charge in [0.2, 0.25) is 0 Å². The number of ether oxygens (including phenoxy) is 1. The normalized spacial score (nSPS) is 10.9. The number of nitrogens with one attached hydrogen (secondary N) is 1. The summed E-state index contributed by atoms with van der Waals surface area (Å²) in [6.45, 7) is 5.23. The van der Waals surface area contributed by atoms with E-state index in [4.69, 9.17) is 4.74 Å². The van der Waals surface area contributed by atoms with E-state index in [0.29, 0.717) is 36.8 Å². The van der Waals surface area contributed by atoms with Crippen LogP contribution in [-0.2, 0) is 24.9 Å². The molecular weight excluding hydrogens is 272 g/mol. The Hall–Kier alpha value is -2.22. The third-order valence-corrected chi connectivity index (χ3v) is 3.38. The molecule has 21 heavy (non-hydrogen) atoms. The third-order valence-electron chi connectivity index (χ3n) is 3.38. The minimum Gasteiger partial charge on any atom is -0.383 e. The summed E-state index contributed by atoms with van der Waals surface area (Å²) in [5.74, 6) is 0.541. The number of aryl methyl sites for hydroxylation is 2. The van der Waals surface area contributed by atoms with Crippen molar-refractivity contribution in [2.75, 3.05) is 13.7 Å². The largest absolute Gasteiger partial charge is 0.383 e. The highest BCUT2D eigenvalue weighted by Gasteiger charge is 2.17. The quantitative estimate of drug-likeness (QED) is 0.822. The van der Waals surface area contributed by atoms with E-state index >= 15 is 0 Å². The molecule has 0 atom stereocenters. The Morgan fingerprint density at radius 2 is 2.19 bits per heavy atom. The Balaban J connectivity index is 2.03. The van der Waals surface area contributed by atoms with Crippen molar-refractivity contribution in [1.29, 1.82) is 0 Å². The fourth-order valence-corrected chi connectivity index (χ4v) is 2.14. The van der Waals surface area contributed by atoms with Gasteiger partial charge in [0.15, 0.2) is 5.82 Å². The average molecular weight is 292 g/mol. The molecular formula is C13H20N6O2. The Labute approximate surface area is 123 Å². The van der Waals surface area contributed by atoms with Crippen molar-refractivity contribution in [2.45, 2.75) is 26.9 Å². The fraction of sp³-hybridized carbons (Fsp3) is 0.538. The predicted octanol–water partition coefficient (Wildman–Crippen LogP) is 0.205. The van der Waals surface area contributed by atoms with E-state index in [1.54, 1.807) is 18.1 Å². The molecule has 0 aliphatic carbocycles. The lowest BCUT2D eigenvalue weighted by atomic mass is 10.2. The molecule has 0 bridgehead atoms. The highest BCUT2D eigenvalue weighted by molar-refractivity contribution is 5.96. The van der Waals surface area contributed by atoms with Gasteiger partial charge in [-0.25, -0.2) is 0 Å². The summed E-state index contributed by atoms with van der Waals surface area (Å²) in [4.78, 5) is 12.3. The van der Waals surface area contributed by atoms with Crippen LogP contribution in [0.4, 0.5) is 0 Å². The molecule has 2 heterocycles. The van der Waals surface area contributed by atoms with Crippen LogP contribution in [0.15, 0.2) is 6.33 Å². The molecule has 0 unspecified atom stereocenters. The first-order chi connectivity index (χ1) is 10.0. The summed E-state index contributed by atoms with van der Waals surface area (Å²) >= 11 is 0. The molecule has 0 aromatic carbocycles. The molecule has 2 rings (SSSR count). The van der Waals surface area contributed by atoms with Gasteiger partial charge in [0.25, 0.3) is 5.91 Å². The van der Waals surface area contributed by atoms with Crippen molar-refractivity contribution in [3.8, 4) is 0 Å². The van der Waals surface area contributed by atoms with E-state index < -0.39 is 0 Å². The van der Waals surface area contributed by atoms with Crippen LogP contribution in [0.5, 0.6) is 0 Å². The van der Waals surface area contributed by atoms with Crippen molar-refractivity contribution >= 4 is 5.91 Å². The number of carbonyl (C=O) groups excluding carboxylic acids is 1. The molecule has 2 aromatic rings. The van der Waals surface area contributed by atoms with E-state index in [1.807, 2.05) is 25.5 Å². The number of hydrogen-bond donors (Lipinski definition) is 1. The third kappa shape index (κ3) is 3.27. The predicted molar refractivity (Wildman–Crippen MR) is 75.8 cm³/mol. The Morgan fingerprint density at radius 3 is 2.81 bits per heavy atom. The minimum atomic E-state index is -0.153. The molecule has 0 fully saturated rings. The number of amides is 1. The van der Waals surface area contributed by atoms with Crippen molar-refractivity contribution in [3.05, 3.63) is 29.1 Å². The highest BCUT2D eigenvalue weighted by atomic mass is 16.5. The van der Waals surface area contributed by atoms with E-state index in [-0.39, 0.29) is 5.91 Å². The second kappa shape index (κ2) is 6.49. The first kappa shape index (κ1) is 15.2. The van der Waals surface area contributed by atoms with Gasteiger partial charge in [0.1, 0.15) is 6.33 Å². The van der Waals surface area contributed by atoms with Crippen LogP contribution in [0.2, 0.25) is 0 Å². The van der Waals surface area contributed by atoms with Gasteiger partial charge < -0.3 is 14.6 Å². The SMILES string of the molecule is COCCn1cnnc1CNC(=O)c1c(C)nn(C)c1C. The molecule has 0 radical (unpaired) electrons. The first-order valence-corrected chi connectivity index (χ1v) is 6.68. The van der Waals surface area contributed by atoms with Crippen LogP contribution in [-0.4, -0.2) is 44.2 Å². The number of methoxy groups -OCH3 is 1.